The third-order valence-electron chi connectivity index (χ3n) is 4.72. The summed E-state index contributed by atoms with van der Waals surface area (Å²) in [5.74, 6) is -1.09. The summed E-state index contributed by atoms with van der Waals surface area (Å²) in [5.41, 5.74) is 5.26. The van der Waals surface area contributed by atoms with Crippen molar-refractivity contribution in [1.82, 2.24) is 10.2 Å². The highest BCUT2D eigenvalue weighted by atomic mass is 16.2. The molecule has 1 aliphatic carbocycles. The molecule has 8 nitrogen and oxygen atoms in total. The van der Waals surface area contributed by atoms with Crippen LogP contribution >= 0.6 is 0 Å². The fraction of sp³-hybridized carbons (Fsp3) is 0.412. The second kappa shape index (κ2) is 6.54. The molecule has 1 aromatic rings. The van der Waals surface area contributed by atoms with Crippen LogP contribution in [0.15, 0.2) is 24.3 Å². The van der Waals surface area contributed by atoms with Gasteiger partial charge in [-0.15, -0.1) is 0 Å². The van der Waals surface area contributed by atoms with Gasteiger partial charge in [0.15, 0.2) is 0 Å². The van der Waals surface area contributed by atoms with Crippen LogP contribution in [0.25, 0.3) is 0 Å². The predicted molar refractivity (Wildman–Crippen MR) is 89.7 cm³/mol. The lowest BCUT2D eigenvalue weighted by Crippen LogP contribution is -2.44. The van der Waals surface area contributed by atoms with Crippen LogP contribution in [-0.2, 0) is 9.59 Å². The van der Waals surface area contributed by atoms with Crippen molar-refractivity contribution in [3.05, 3.63) is 29.8 Å². The van der Waals surface area contributed by atoms with Crippen LogP contribution in [0, 0.1) is 0 Å². The van der Waals surface area contributed by atoms with Crippen molar-refractivity contribution >= 4 is 29.4 Å². The normalized spacial score (nSPS) is 18.5. The minimum absolute atomic E-state index is 0.00676. The average Bonchev–Trinajstić information content (AvgIpc) is 3.13. The van der Waals surface area contributed by atoms with E-state index in [2.05, 4.69) is 10.6 Å². The first-order valence-corrected chi connectivity index (χ1v) is 8.25. The van der Waals surface area contributed by atoms with Crippen LogP contribution in [0.2, 0.25) is 0 Å². The van der Waals surface area contributed by atoms with Crippen molar-refractivity contribution in [1.29, 1.82) is 0 Å². The van der Waals surface area contributed by atoms with Crippen LogP contribution in [-0.4, -0.2) is 40.7 Å². The Kier molecular flexibility index (Phi) is 4.43. The second-order valence-corrected chi connectivity index (χ2v) is 6.42. The number of nitrogens with two attached hydrogens (primary N) is 1. The SMILES string of the molecule is NC(=O)c1ccc(NC(=O)CCN2C(=O)NC3(CCCC3)C2=O)cc1. The van der Waals surface area contributed by atoms with E-state index >= 15 is 0 Å². The number of imide groups is 1. The summed E-state index contributed by atoms with van der Waals surface area (Å²) in [6.45, 7) is 0.0393. The van der Waals surface area contributed by atoms with Crippen molar-refractivity contribution in [3.8, 4) is 0 Å². The number of benzene rings is 1. The number of hydrogen-bond donors (Lipinski definition) is 3. The Morgan fingerprint density at radius 3 is 2.40 bits per heavy atom. The van der Waals surface area contributed by atoms with Gasteiger partial charge in [0.05, 0.1) is 0 Å². The Morgan fingerprint density at radius 2 is 1.80 bits per heavy atom. The number of carbonyl (C=O) groups is 4. The molecule has 1 aliphatic heterocycles. The number of rotatable bonds is 5. The third-order valence-corrected chi connectivity index (χ3v) is 4.72. The Hall–Kier alpha value is -2.90. The van der Waals surface area contributed by atoms with Gasteiger partial charge in [-0.3, -0.25) is 19.3 Å². The van der Waals surface area contributed by atoms with Crippen LogP contribution in [0.3, 0.4) is 0 Å². The monoisotopic (exact) mass is 344 g/mol. The first-order chi connectivity index (χ1) is 11.9. The standard InChI is InChI=1S/C17H20N4O4/c18-14(23)11-3-5-12(6-4-11)19-13(22)7-10-21-15(24)17(20-16(21)25)8-1-2-9-17/h3-6H,1-2,7-10H2,(H2,18,23)(H,19,22)(H,20,25). The Labute approximate surface area is 144 Å². The molecule has 1 spiro atoms. The molecule has 0 aromatic heterocycles. The number of carbonyl (C=O) groups excluding carboxylic acids is 4. The van der Waals surface area contributed by atoms with E-state index in [1.165, 1.54) is 12.1 Å². The molecule has 1 heterocycles. The zero-order chi connectivity index (χ0) is 18.0. The maximum atomic E-state index is 12.5. The van der Waals surface area contributed by atoms with Gasteiger partial charge >= 0.3 is 6.03 Å². The fourth-order valence-electron chi connectivity index (χ4n) is 3.35. The average molecular weight is 344 g/mol. The second-order valence-electron chi connectivity index (χ2n) is 6.42. The van der Waals surface area contributed by atoms with Crippen LogP contribution in [0.5, 0.6) is 0 Å². The van der Waals surface area contributed by atoms with Gasteiger partial charge in [-0.25, -0.2) is 4.79 Å². The third kappa shape index (κ3) is 3.33. The van der Waals surface area contributed by atoms with E-state index in [4.69, 9.17) is 5.73 Å². The number of hydrogen-bond acceptors (Lipinski definition) is 4. The topological polar surface area (TPSA) is 122 Å². The van der Waals surface area contributed by atoms with Gasteiger partial charge < -0.3 is 16.4 Å². The summed E-state index contributed by atoms with van der Waals surface area (Å²) in [4.78, 5) is 48.7. The molecule has 5 amide bonds. The number of amides is 5. The van der Waals surface area contributed by atoms with Crippen molar-refractivity contribution in [2.75, 3.05) is 11.9 Å². The highest BCUT2D eigenvalue weighted by Gasteiger charge is 2.52. The fourth-order valence-corrected chi connectivity index (χ4v) is 3.35. The summed E-state index contributed by atoms with van der Waals surface area (Å²) in [6.07, 6.45) is 3.16. The molecule has 2 fully saturated rings. The lowest BCUT2D eigenvalue weighted by molar-refractivity contribution is -0.131. The summed E-state index contributed by atoms with van der Waals surface area (Å²) < 4.78 is 0. The summed E-state index contributed by atoms with van der Waals surface area (Å²) in [7, 11) is 0. The Balaban J connectivity index is 1.54. The van der Waals surface area contributed by atoms with E-state index in [9.17, 15) is 19.2 Å². The van der Waals surface area contributed by atoms with E-state index in [0.29, 0.717) is 24.1 Å². The maximum Gasteiger partial charge on any atom is 0.325 e. The molecule has 8 heteroatoms. The van der Waals surface area contributed by atoms with Crippen molar-refractivity contribution in [2.24, 2.45) is 5.73 Å². The van der Waals surface area contributed by atoms with E-state index < -0.39 is 17.5 Å². The summed E-state index contributed by atoms with van der Waals surface area (Å²) in [6, 6.07) is 5.74. The van der Waals surface area contributed by atoms with Crippen molar-refractivity contribution in [3.63, 3.8) is 0 Å². The minimum Gasteiger partial charge on any atom is -0.366 e. The number of primary amides is 1. The number of anilines is 1. The molecular formula is C17H20N4O4. The van der Waals surface area contributed by atoms with Crippen LogP contribution in [0.1, 0.15) is 42.5 Å². The molecular weight excluding hydrogens is 324 g/mol. The minimum atomic E-state index is -0.752. The van der Waals surface area contributed by atoms with E-state index in [-0.39, 0.29) is 24.8 Å². The molecule has 132 valence electrons. The smallest absolute Gasteiger partial charge is 0.325 e. The van der Waals surface area contributed by atoms with Crippen LogP contribution in [0.4, 0.5) is 10.5 Å². The van der Waals surface area contributed by atoms with Gasteiger partial charge in [0, 0.05) is 24.2 Å². The molecule has 4 N–H and O–H groups in total. The molecule has 25 heavy (non-hydrogen) atoms. The molecule has 1 saturated heterocycles. The molecule has 3 rings (SSSR count). The highest BCUT2D eigenvalue weighted by Crippen LogP contribution is 2.35. The summed E-state index contributed by atoms with van der Waals surface area (Å²) >= 11 is 0. The first-order valence-electron chi connectivity index (χ1n) is 8.25. The Morgan fingerprint density at radius 1 is 1.16 bits per heavy atom. The Bertz CT molecular complexity index is 723. The summed E-state index contributed by atoms with van der Waals surface area (Å²) in [5, 5.41) is 5.44. The molecule has 0 atom stereocenters. The molecule has 1 saturated carbocycles. The zero-order valence-electron chi connectivity index (χ0n) is 13.7. The first kappa shape index (κ1) is 16.9. The van der Waals surface area contributed by atoms with E-state index in [1.54, 1.807) is 12.1 Å². The van der Waals surface area contributed by atoms with Gasteiger partial charge in [-0.05, 0) is 37.1 Å². The van der Waals surface area contributed by atoms with Crippen molar-refractivity contribution in [2.45, 2.75) is 37.6 Å². The van der Waals surface area contributed by atoms with Crippen molar-refractivity contribution < 1.29 is 19.2 Å². The van der Waals surface area contributed by atoms with Gasteiger partial charge in [-0.2, -0.15) is 0 Å². The molecule has 0 bridgehead atoms. The molecule has 0 radical (unpaired) electrons. The zero-order valence-corrected chi connectivity index (χ0v) is 13.7. The van der Waals surface area contributed by atoms with E-state index in [1.807, 2.05) is 0 Å². The molecule has 0 unspecified atom stereocenters. The molecule has 1 aromatic carbocycles. The number of nitrogens with zero attached hydrogens (tertiary/aromatic N) is 1. The maximum absolute atomic E-state index is 12.5. The van der Waals surface area contributed by atoms with Gasteiger partial charge in [-0.1, -0.05) is 12.8 Å². The lowest BCUT2D eigenvalue weighted by Gasteiger charge is -2.19. The van der Waals surface area contributed by atoms with Gasteiger partial charge in [0.1, 0.15) is 5.54 Å². The van der Waals surface area contributed by atoms with Gasteiger partial charge in [0.25, 0.3) is 5.91 Å². The molecule has 2 aliphatic rings. The number of nitrogens with one attached hydrogen (secondary N) is 2. The quantitative estimate of drug-likeness (QED) is 0.689. The predicted octanol–water partition coefficient (Wildman–Crippen LogP) is 0.979. The lowest BCUT2D eigenvalue weighted by atomic mass is 9.98. The number of urea groups is 1. The van der Waals surface area contributed by atoms with Crippen LogP contribution < -0.4 is 16.4 Å². The highest BCUT2D eigenvalue weighted by molar-refractivity contribution is 6.07. The van der Waals surface area contributed by atoms with E-state index in [0.717, 1.165) is 17.7 Å². The van der Waals surface area contributed by atoms with Gasteiger partial charge in [0.2, 0.25) is 11.8 Å². The largest absolute Gasteiger partial charge is 0.366 e.